The molecule has 6 nitrogen and oxygen atoms in total. The SMILES string of the molecule is COB(O)OOC(C#N)CC#N. The van der Waals surface area contributed by atoms with Crippen LogP contribution in [0, 0.1) is 22.7 Å². The Hall–Kier alpha value is -1.12. The molecule has 12 heavy (non-hydrogen) atoms. The monoisotopic (exact) mass is 170 g/mol. The van der Waals surface area contributed by atoms with E-state index in [0.717, 1.165) is 0 Å². The molecule has 0 radical (unpaired) electrons. The molecule has 0 aromatic rings. The van der Waals surface area contributed by atoms with Crippen LogP contribution < -0.4 is 0 Å². The summed E-state index contributed by atoms with van der Waals surface area (Å²) in [5.41, 5.74) is 0. The Morgan fingerprint density at radius 2 is 2.25 bits per heavy atom. The summed E-state index contributed by atoms with van der Waals surface area (Å²) in [6, 6.07) is 3.36. The molecular weight excluding hydrogens is 163 g/mol. The topological polar surface area (TPSA) is 95.5 Å². The highest BCUT2D eigenvalue weighted by Gasteiger charge is 2.18. The molecule has 0 bridgehead atoms. The first-order valence-electron chi connectivity index (χ1n) is 3.04. The van der Waals surface area contributed by atoms with E-state index in [9.17, 15) is 0 Å². The fourth-order valence-corrected chi connectivity index (χ4v) is 0.338. The van der Waals surface area contributed by atoms with Crippen molar-refractivity contribution in [2.24, 2.45) is 0 Å². The maximum absolute atomic E-state index is 8.61. The minimum atomic E-state index is -1.54. The Balaban J connectivity index is 3.61. The molecule has 0 saturated carbocycles. The van der Waals surface area contributed by atoms with E-state index in [-0.39, 0.29) is 6.42 Å². The van der Waals surface area contributed by atoms with Crippen molar-refractivity contribution in [3.63, 3.8) is 0 Å². The zero-order chi connectivity index (χ0) is 9.40. The van der Waals surface area contributed by atoms with Gasteiger partial charge in [-0.2, -0.15) is 10.5 Å². The van der Waals surface area contributed by atoms with Crippen molar-refractivity contribution in [3.8, 4) is 12.1 Å². The zero-order valence-electron chi connectivity index (χ0n) is 6.43. The standard InChI is InChI=1S/C5H7BN2O4/c1-10-6(9)12-11-5(4-8)2-3-7/h5,9H,2H2,1H3. The Kier molecular flexibility index (Phi) is 5.97. The second-order valence-electron chi connectivity index (χ2n) is 1.72. The van der Waals surface area contributed by atoms with Crippen molar-refractivity contribution >= 4 is 7.32 Å². The van der Waals surface area contributed by atoms with Crippen LogP contribution in [0.2, 0.25) is 0 Å². The summed E-state index contributed by atoms with van der Waals surface area (Å²) in [6.07, 6.45) is -1.15. The minimum Gasteiger partial charge on any atom is -0.400 e. The van der Waals surface area contributed by atoms with Crippen LogP contribution in [0.25, 0.3) is 0 Å². The fourth-order valence-electron chi connectivity index (χ4n) is 0.338. The van der Waals surface area contributed by atoms with Crippen molar-refractivity contribution in [2.45, 2.75) is 12.5 Å². The van der Waals surface area contributed by atoms with Crippen LogP contribution in [0.4, 0.5) is 0 Å². The third kappa shape index (κ3) is 4.66. The third-order valence-electron chi connectivity index (χ3n) is 0.876. The molecule has 64 valence electrons. The van der Waals surface area contributed by atoms with Gasteiger partial charge >= 0.3 is 7.32 Å². The van der Waals surface area contributed by atoms with Crippen LogP contribution in [0.1, 0.15) is 6.42 Å². The first-order valence-corrected chi connectivity index (χ1v) is 3.04. The lowest BCUT2D eigenvalue weighted by Gasteiger charge is -2.06. The number of nitriles is 2. The Morgan fingerprint density at radius 3 is 2.67 bits per heavy atom. The molecule has 7 heteroatoms. The minimum absolute atomic E-state index is 0.132. The highest BCUT2D eigenvalue weighted by Crippen LogP contribution is 1.97. The fraction of sp³-hybridized carbons (Fsp3) is 0.600. The van der Waals surface area contributed by atoms with Gasteiger partial charge in [-0.05, 0) is 0 Å². The summed E-state index contributed by atoms with van der Waals surface area (Å²) in [6.45, 7) is 0. The van der Waals surface area contributed by atoms with Crippen molar-refractivity contribution in [1.29, 1.82) is 10.5 Å². The molecule has 0 aliphatic rings. The molecular formula is C5H7BN2O4. The zero-order valence-corrected chi connectivity index (χ0v) is 6.43. The van der Waals surface area contributed by atoms with Gasteiger partial charge in [-0.25, -0.2) is 9.69 Å². The second kappa shape index (κ2) is 6.59. The van der Waals surface area contributed by atoms with Crippen molar-refractivity contribution < 1.29 is 19.4 Å². The van der Waals surface area contributed by atoms with Gasteiger partial charge in [0, 0.05) is 7.11 Å². The van der Waals surface area contributed by atoms with Gasteiger partial charge in [0.2, 0.25) is 0 Å². The normalized spacial score (nSPS) is 11.3. The summed E-state index contributed by atoms with van der Waals surface area (Å²) in [7, 11) is -0.348. The van der Waals surface area contributed by atoms with E-state index in [4.69, 9.17) is 15.5 Å². The lowest BCUT2D eigenvalue weighted by atomic mass is 10.3. The highest BCUT2D eigenvalue weighted by atomic mass is 17.2. The van der Waals surface area contributed by atoms with E-state index in [0.29, 0.717) is 0 Å². The predicted octanol–water partition coefficient (Wildman–Crippen LogP) is -0.636. The lowest BCUT2D eigenvalue weighted by Crippen LogP contribution is -2.24. The molecule has 0 aliphatic carbocycles. The molecule has 0 fully saturated rings. The van der Waals surface area contributed by atoms with Gasteiger partial charge in [-0.3, -0.25) is 0 Å². The third-order valence-corrected chi connectivity index (χ3v) is 0.876. The van der Waals surface area contributed by atoms with Crippen molar-refractivity contribution in [1.82, 2.24) is 0 Å². The van der Waals surface area contributed by atoms with Gasteiger partial charge in [0.15, 0.2) is 6.10 Å². The highest BCUT2D eigenvalue weighted by molar-refractivity contribution is 6.34. The van der Waals surface area contributed by atoms with E-state index in [1.165, 1.54) is 7.11 Å². The number of rotatable bonds is 5. The van der Waals surface area contributed by atoms with E-state index in [2.05, 4.69) is 14.3 Å². The first kappa shape index (κ1) is 10.9. The number of hydrogen-bond acceptors (Lipinski definition) is 6. The molecule has 0 heterocycles. The molecule has 0 aromatic heterocycles. The van der Waals surface area contributed by atoms with Gasteiger partial charge in [-0.15, -0.1) is 0 Å². The first-order chi connectivity index (χ1) is 5.74. The van der Waals surface area contributed by atoms with Crippen LogP contribution >= 0.6 is 0 Å². The van der Waals surface area contributed by atoms with Gasteiger partial charge in [-0.1, -0.05) is 0 Å². The van der Waals surface area contributed by atoms with Crippen LogP contribution in [0.15, 0.2) is 0 Å². The average Bonchev–Trinajstić information content (AvgIpc) is 2.11. The molecule has 0 amide bonds. The maximum Gasteiger partial charge on any atom is 0.665 e. The summed E-state index contributed by atoms with van der Waals surface area (Å²) in [4.78, 5) is 8.48. The number of nitrogens with zero attached hydrogens (tertiary/aromatic N) is 2. The van der Waals surface area contributed by atoms with Crippen LogP contribution in [-0.4, -0.2) is 25.6 Å². The smallest absolute Gasteiger partial charge is 0.400 e. The van der Waals surface area contributed by atoms with Crippen LogP contribution in [-0.2, 0) is 14.3 Å². The summed E-state index contributed by atoms with van der Waals surface area (Å²) < 4.78 is 4.24. The van der Waals surface area contributed by atoms with Crippen LogP contribution in [0.3, 0.4) is 0 Å². The molecule has 0 spiro atoms. The van der Waals surface area contributed by atoms with E-state index >= 15 is 0 Å². The van der Waals surface area contributed by atoms with Gasteiger partial charge < -0.3 is 9.68 Å². The van der Waals surface area contributed by atoms with E-state index in [1.54, 1.807) is 12.1 Å². The molecule has 0 rings (SSSR count). The van der Waals surface area contributed by atoms with Crippen molar-refractivity contribution in [2.75, 3.05) is 7.11 Å². The largest absolute Gasteiger partial charge is 0.665 e. The Bertz CT molecular complexity index is 199. The predicted molar refractivity (Wildman–Crippen MR) is 36.8 cm³/mol. The Morgan fingerprint density at radius 1 is 1.58 bits per heavy atom. The lowest BCUT2D eigenvalue weighted by molar-refractivity contribution is -0.255. The average molecular weight is 170 g/mol. The van der Waals surface area contributed by atoms with Gasteiger partial charge in [0.25, 0.3) is 0 Å². The molecule has 1 unspecified atom stereocenters. The summed E-state index contributed by atoms with van der Waals surface area (Å²) in [5, 5.41) is 25.1. The number of hydrogen-bond donors (Lipinski definition) is 1. The second-order valence-corrected chi connectivity index (χ2v) is 1.72. The molecule has 0 aromatic carbocycles. The quantitative estimate of drug-likeness (QED) is 0.335. The van der Waals surface area contributed by atoms with E-state index in [1.807, 2.05) is 0 Å². The molecule has 0 aliphatic heterocycles. The Labute approximate surface area is 70.0 Å². The van der Waals surface area contributed by atoms with E-state index < -0.39 is 13.4 Å². The van der Waals surface area contributed by atoms with Gasteiger partial charge in [0.05, 0.1) is 18.6 Å². The summed E-state index contributed by atoms with van der Waals surface area (Å²) >= 11 is 0. The maximum atomic E-state index is 8.61. The van der Waals surface area contributed by atoms with Crippen LogP contribution in [0.5, 0.6) is 0 Å². The van der Waals surface area contributed by atoms with Gasteiger partial charge in [0.1, 0.15) is 0 Å². The molecule has 1 N–H and O–H groups in total. The summed E-state index contributed by atoms with van der Waals surface area (Å²) in [5.74, 6) is 0. The molecule has 0 saturated heterocycles. The van der Waals surface area contributed by atoms with Crippen molar-refractivity contribution in [3.05, 3.63) is 0 Å². The molecule has 1 atom stereocenters.